The molecule has 1 heterocycles. The number of pyridine rings is 1. The first-order valence-electron chi connectivity index (χ1n) is 5.56. The van der Waals surface area contributed by atoms with Gasteiger partial charge in [-0.2, -0.15) is 8.78 Å². The molecule has 2 rings (SSSR count). The number of hydrogen-bond acceptors (Lipinski definition) is 2. The van der Waals surface area contributed by atoms with E-state index in [1.807, 2.05) is 13.8 Å². The summed E-state index contributed by atoms with van der Waals surface area (Å²) in [5, 5.41) is 1.17. The molecule has 2 nitrogen and oxygen atoms in total. The zero-order valence-corrected chi connectivity index (χ0v) is 10.8. The number of halogens is 3. The van der Waals surface area contributed by atoms with Gasteiger partial charge in [0.05, 0.1) is 10.5 Å². The van der Waals surface area contributed by atoms with Crippen LogP contribution >= 0.6 is 11.6 Å². The monoisotopic (exact) mass is 271 g/mol. The van der Waals surface area contributed by atoms with E-state index in [-0.39, 0.29) is 5.75 Å². The Morgan fingerprint density at radius 2 is 2.11 bits per heavy atom. The summed E-state index contributed by atoms with van der Waals surface area (Å²) in [7, 11) is 0. The molecule has 0 radical (unpaired) electrons. The summed E-state index contributed by atoms with van der Waals surface area (Å²) in [5.74, 6) is 0.0878. The van der Waals surface area contributed by atoms with Gasteiger partial charge in [-0.15, -0.1) is 0 Å². The lowest BCUT2D eigenvalue weighted by Gasteiger charge is -2.10. The molecule has 1 aromatic heterocycles. The van der Waals surface area contributed by atoms with Crippen molar-refractivity contribution in [2.75, 3.05) is 0 Å². The Morgan fingerprint density at radius 1 is 1.39 bits per heavy atom. The van der Waals surface area contributed by atoms with Crippen molar-refractivity contribution in [1.29, 1.82) is 0 Å². The van der Waals surface area contributed by atoms with Gasteiger partial charge in [0.25, 0.3) is 0 Å². The van der Waals surface area contributed by atoms with E-state index in [2.05, 4.69) is 9.72 Å². The molecule has 0 aliphatic heterocycles. The summed E-state index contributed by atoms with van der Waals surface area (Å²) in [6.45, 7) is 1.02. The van der Waals surface area contributed by atoms with E-state index in [1.165, 1.54) is 12.1 Å². The number of rotatable bonds is 3. The summed E-state index contributed by atoms with van der Waals surface area (Å²) < 4.78 is 28.7. The maximum atomic E-state index is 12.1. The average Bonchev–Trinajstić information content (AvgIpc) is 2.33. The third kappa shape index (κ3) is 2.38. The molecular formula is C13H12ClF2NO. The summed E-state index contributed by atoms with van der Waals surface area (Å²) in [6, 6.07) is 4.59. The second-order valence-corrected chi connectivity index (χ2v) is 4.29. The van der Waals surface area contributed by atoms with Gasteiger partial charge in [-0.05, 0) is 37.1 Å². The third-order valence-corrected chi connectivity index (χ3v) is 3.27. The van der Waals surface area contributed by atoms with E-state index in [4.69, 9.17) is 11.6 Å². The van der Waals surface area contributed by atoms with Crippen LogP contribution in [0, 0.1) is 6.92 Å². The molecule has 2 aromatic rings. The van der Waals surface area contributed by atoms with Crippen LogP contribution in [-0.2, 0) is 6.42 Å². The van der Waals surface area contributed by atoms with Crippen LogP contribution in [0.3, 0.4) is 0 Å². The molecule has 96 valence electrons. The molecule has 0 spiro atoms. The summed E-state index contributed by atoms with van der Waals surface area (Å²) in [5.41, 5.74) is 2.47. The molecule has 1 aromatic carbocycles. The van der Waals surface area contributed by atoms with E-state index < -0.39 is 6.61 Å². The average molecular weight is 272 g/mol. The van der Waals surface area contributed by atoms with Gasteiger partial charge in [0.15, 0.2) is 0 Å². The zero-order valence-electron chi connectivity index (χ0n) is 10.0. The molecule has 0 unspecified atom stereocenters. The van der Waals surface area contributed by atoms with E-state index in [0.29, 0.717) is 15.9 Å². The predicted molar refractivity (Wildman–Crippen MR) is 67.5 cm³/mol. The molecule has 0 bridgehead atoms. The minimum Gasteiger partial charge on any atom is -0.435 e. The van der Waals surface area contributed by atoms with Gasteiger partial charge in [0, 0.05) is 11.1 Å². The van der Waals surface area contributed by atoms with Crippen LogP contribution in [0.5, 0.6) is 5.75 Å². The quantitative estimate of drug-likeness (QED) is 0.827. The number of fused-ring (bicyclic) bond motifs is 1. The molecular weight excluding hydrogens is 260 g/mol. The topological polar surface area (TPSA) is 22.1 Å². The highest BCUT2D eigenvalue weighted by molar-refractivity contribution is 6.36. The maximum absolute atomic E-state index is 12.1. The van der Waals surface area contributed by atoms with Crippen molar-refractivity contribution in [3.05, 3.63) is 34.5 Å². The van der Waals surface area contributed by atoms with E-state index >= 15 is 0 Å². The lowest BCUT2D eigenvalue weighted by Crippen LogP contribution is -2.02. The predicted octanol–water partition coefficient (Wildman–Crippen LogP) is 4.36. The van der Waals surface area contributed by atoms with E-state index in [9.17, 15) is 8.78 Å². The van der Waals surface area contributed by atoms with E-state index in [1.54, 1.807) is 6.07 Å². The first-order valence-corrected chi connectivity index (χ1v) is 5.94. The molecule has 0 saturated heterocycles. The van der Waals surface area contributed by atoms with Crippen LogP contribution in [0.2, 0.25) is 5.02 Å². The highest BCUT2D eigenvalue weighted by atomic mass is 35.5. The van der Waals surface area contributed by atoms with Crippen molar-refractivity contribution in [1.82, 2.24) is 4.98 Å². The van der Waals surface area contributed by atoms with Crippen molar-refractivity contribution in [3.8, 4) is 5.75 Å². The van der Waals surface area contributed by atoms with Crippen LogP contribution in [0.4, 0.5) is 8.78 Å². The van der Waals surface area contributed by atoms with Gasteiger partial charge in [0.2, 0.25) is 0 Å². The number of aromatic nitrogens is 1. The van der Waals surface area contributed by atoms with Crippen LogP contribution < -0.4 is 4.74 Å². The zero-order chi connectivity index (χ0) is 13.3. The fourth-order valence-corrected chi connectivity index (χ4v) is 2.13. The number of ether oxygens (including phenoxy) is 1. The van der Waals surface area contributed by atoms with Gasteiger partial charge in [0.1, 0.15) is 5.75 Å². The molecule has 0 aliphatic carbocycles. The molecule has 0 N–H and O–H groups in total. The Balaban J connectivity index is 2.59. The summed E-state index contributed by atoms with van der Waals surface area (Å²) >= 11 is 6.24. The van der Waals surface area contributed by atoms with Gasteiger partial charge in [-0.1, -0.05) is 18.5 Å². The number of alkyl halides is 2. The normalized spacial score (nSPS) is 11.2. The SMILES string of the molecule is CCc1nc2ccc(OC(F)F)cc2c(Cl)c1C. The van der Waals surface area contributed by atoms with Crippen molar-refractivity contribution in [2.45, 2.75) is 26.9 Å². The van der Waals surface area contributed by atoms with Crippen LogP contribution in [-0.4, -0.2) is 11.6 Å². The highest BCUT2D eigenvalue weighted by Crippen LogP contribution is 2.31. The maximum Gasteiger partial charge on any atom is 0.387 e. The minimum atomic E-state index is -2.84. The number of benzene rings is 1. The fourth-order valence-electron chi connectivity index (χ4n) is 1.87. The van der Waals surface area contributed by atoms with Crippen molar-refractivity contribution < 1.29 is 13.5 Å². The van der Waals surface area contributed by atoms with Crippen molar-refractivity contribution >= 4 is 22.5 Å². The van der Waals surface area contributed by atoms with Crippen LogP contribution in [0.25, 0.3) is 10.9 Å². The lowest BCUT2D eigenvalue weighted by atomic mass is 10.1. The first-order chi connectivity index (χ1) is 8.52. The fraction of sp³-hybridized carbons (Fsp3) is 0.308. The minimum absolute atomic E-state index is 0.0878. The standard InChI is InChI=1S/C13H12ClF2NO/c1-3-10-7(2)12(14)9-6-8(18-13(15)16)4-5-11(9)17-10/h4-6,13H,3H2,1-2H3. The molecule has 0 aliphatic rings. The smallest absolute Gasteiger partial charge is 0.387 e. The van der Waals surface area contributed by atoms with Crippen molar-refractivity contribution in [2.24, 2.45) is 0 Å². The molecule has 0 atom stereocenters. The molecule has 0 saturated carbocycles. The van der Waals surface area contributed by atoms with Crippen LogP contribution in [0.1, 0.15) is 18.2 Å². The molecule has 0 fully saturated rings. The largest absolute Gasteiger partial charge is 0.435 e. The number of aryl methyl sites for hydroxylation is 1. The number of hydrogen-bond donors (Lipinski definition) is 0. The van der Waals surface area contributed by atoms with E-state index in [0.717, 1.165) is 17.7 Å². The number of nitrogens with zero attached hydrogens (tertiary/aromatic N) is 1. The van der Waals surface area contributed by atoms with Gasteiger partial charge >= 0.3 is 6.61 Å². The van der Waals surface area contributed by atoms with Gasteiger partial charge in [-0.3, -0.25) is 4.98 Å². The second kappa shape index (κ2) is 5.06. The molecule has 0 amide bonds. The Labute approximate surface area is 109 Å². The Bertz CT molecular complexity index is 587. The molecule has 5 heteroatoms. The van der Waals surface area contributed by atoms with Crippen LogP contribution in [0.15, 0.2) is 18.2 Å². The summed E-state index contributed by atoms with van der Waals surface area (Å²) in [6.07, 6.45) is 0.775. The summed E-state index contributed by atoms with van der Waals surface area (Å²) in [4.78, 5) is 4.45. The Kier molecular flexibility index (Phi) is 3.66. The molecule has 18 heavy (non-hydrogen) atoms. The Hall–Kier alpha value is -1.42. The van der Waals surface area contributed by atoms with Crippen molar-refractivity contribution in [3.63, 3.8) is 0 Å². The third-order valence-electron chi connectivity index (χ3n) is 2.78. The first kappa shape index (κ1) is 13.0. The lowest BCUT2D eigenvalue weighted by molar-refractivity contribution is -0.0497. The van der Waals surface area contributed by atoms with Gasteiger partial charge in [-0.25, -0.2) is 0 Å². The second-order valence-electron chi connectivity index (χ2n) is 3.91. The highest BCUT2D eigenvalue weighted by Gasteiger charge is 2.11. The van der Waals surface area contributed by atoms with Gasteiger partial charge < -0.3 is 4.74 Å². The Morgan fingerprint density at radius 3 is 2.72 bits per heavy atom.